The Hall–Kier alpha value is -1.21. The van der Waals surface area contributed by atoms with Crippen molar-refractivity contribution in [3.05, 3.63) is 6.33 Å². The molecule has 0 aliphatic heterocycles. The topological polar surface area (TPSA) is 85.1 Å². The highest BCUT2D eigenvalue weighted by molar-refractivity contribution is 7.99. The fraction of sp³-hybridized carbons (Fsp3) is 0.600. The van der Waals surface area contributed by atoms with E-state index in [1.165, 1.54) is 6.33 Å². The first-order valence-electron chi connectivity index (χ1n) is 5.18. The molecular formula is C10H19N5OS. The van der Waals surface area contributed by atoms with E-state index in [9.17, 15) is 0 Å². The van der Waals surface area contributed by atoms with Crippen molar-refractivity contribution in [1.82, 2.24) is 9.97 Å². The summed E-state index contributed by atoms with van der Waals surface area (Å²) in [5.41, 5.74) is 2.48. The molecule has 0 aliphatic carbocycles. The van der Waals surface area contributed by atoms with Crippen LogP contribution in [0.3, 0.4) is 0 Å². The zero-order valence-electron chi connectivity index (χ0n) is 10.6. The average molecular weight is 257 g/mol. The maximum atomic E-state index is 5.35. The molecule has 1 aromatic rings. The number of rotatable bonds is 6. The SMILES string of the molecule is COc1c(NN)ncnc1NCC(C)(C)SC. The van der Waals surface area contributed by atoms with Crippen LogP contribution < -0.4 is 21.3 Å². The van der Waals surface area contributed by atoms with Crippen molar-refractivity contribution in [2.75, 3.05) is 30.7 Å². The maximum Gasteiger partial charge on any atom is 0.205 e. The Balaban J connectivity index is 2.84. The van der Waals surface area contributed by atoms with Crippen molar-refractivity contribution >= 4 is 23.4 Å². The number of nitrogens with zero attached hydrogens (tertiary/aromatic N) is 2. The molecule has 1 rings (SSSR count). The molecule has 96 valence electrons. The Kier molecular flexibility index (Phi) is 4.83. The van der Waals surface area contributed by atoms with Gasteiger partial charge in [-0.15, -0.1) is 0 Å². The van der Waals surface area contributed by atoms with Gasteiger partial charge in [0.2, 0.25) is 5.75 Å². The molecule has 0 radical (unpaired) electrons. The summed E-state index contributed by atoms with van der Waals surface area (Å²) in [5.74, 6) is 6.97. The molecule has 17 heavy (non-hydrogen) atoms. The van der Waals surface area contributed by atoms with E-state index < -0.39 is 0 Å². The van der Waals surface area contributed by atoms with Gasteiger partial charge in [0.1, 0.15) is 6.33 Å². The Morgan fingerprint density at radius 1 is 1.41 bits per heavy atom. The van der Waals surface area contributed by atoms with Crippen LogP contribution in [0.25, 0.3) is 0 Å². The van der Waals surface area contributed by atoms with Crippen molar-refractivity contribution < 1.29 is 4.74 Å². The highest BCUT2D eigenvalue weighted by atomic mass is 32.2. The molecule has 0 amide bonds. The van der Waals surface area contributed by atoms with Gasteiger partial charge >= 0.3 is 0 Å². The molecule has 6 nitrogen and oxygen atoms in total. The number of hydrogen-bond donors (Lipinski definition) is 3. The van der Waals surface area contributed by atoms with Gasteiger partial charge < -0.3 is 15.5 Å². The number of methoxy groups -OCH3 is 1. The molecule has 1 aromatic heterocycles. The second-order valence-corrected chi connectivity index (χ2v) is 5.58. The molecule has 0 fully saturated rings. The lowest BCUT2D eigenvalue weighted by atomic mass is 10.2. The van der Waals surface area contributed by atoms with Gasteiger partial charge in [0, 0.05) is 11.3 Å². The molecule has 0 aromatic carbocycles. The normalized spacial score (nSPS) is 11.1. The summed E-state index contributed by atoms with van der Waals surface area (Å²) in [6.45, 7) is 5.08. The Morgan fingerprint density at radius 3 is 2.59 bits per heavy atom. The minimum Gasteiger partial charge on any atom is -0.490 e. The van der Waals surface area contributed by atoms with E-state index in [0.29, 0.717) is 17.4 Å². The lowest BCUT2D eigenvalue weighted by molar-refractivity contribution is 0.414. The number of thioether (sulfide) groups is 1. The smallest absolute Gasteiger partial charge is 0.205 e. The number of nitrogen functional groups attached to an aromatic ring is 1. The summed E-state index contributed by atoms with van der Waals surface area (Å²) in [6, 6.07) is 0. The zero-order chi connectivity index (χ0) is 12.9. The van der Waals surface area contributed by atoms with Gasteiger partial charge in [0.25, 0.3) is 0 Å². The maximum absolute atomic E-state index is 5.35. The van der Waals surface area contributed by atoms with Crippen molar-refractivity contribution in [3.8, 4) is 5.75 Å². The lowest BCUT2D eigenvalue weighted by Gasteiger charge is -2.23. The second kappa shape index (κ2) is 5.92. The number of hydrogen-bond acceptors (Lipinski definition) is 7. The van der Waals surface area contributed by atoms with Crippen LogP contribution in [-0.4, -0.2) is 34.6 Å². The number of anilines is 2. The van der Waals surface area contributed by atoms with Crippen LogP contribution >= 0.6 is 11.8 Å². The predicted molar refractivity (Wildman–Crippen MR) is 72.5 cm³/mol. The molecule has 1 heterocycles. The van der Waals surface area contributed by atoms with Crippen LogP contribution in [0.1, 0.15) is 13.8 Å². The van der Waals surface area contributed by atoms with Crippen molar-refractivity contribution in [1.29, 1.82) is 0 Å². The van der Waals surface area contributed by atoms with Gasteiger partial charge in [0.15, 0.2) is 11.6 Å². The predicted octanol–water partition coefficient (Wildman–Crippen LogP) is 1.32. The van der Waals surface area contributed by atoms with Gasteiger partial charge in [-0.3, -0.25) is 0 Å². The number of ether oxygens (including phenoxy) is 1. The van der Waals surface area contributed by atoms with E-state index in [1.54, 1.807) is 18.9 Å². The third kappa shape index (κ3) is 3.64. The number of aromatic nitrogens is 2. The molecule has 0 saturated heterocycles. The van der Waals surface area contributed by atoms with Crippen molar-refractivity contribution in [2.24, 2.45) is 5.84 Å². The Labute approximate surface area is 106 Å². The Morgan fingerprint density at radius 2 is 2.06 bits per heavy atom. The van der Waals surface area contributed by atoms with E-state index in [0.717, 1.165) is 6.54 Å². The summed E-state index contributed by atoms with van der Waals surface area (Å²) in [5, 5.41) is 3.24. The van der Waals surface area contributed by atoms with Crippen LogP contribution in [0.15, 0.2) is 6.33 Å². The molecule has 0 atom stereocenters. The summed E-state index contributed by atoms with van der Waals surface area (Å²) in [4.78, 5) is 8.12. The largest absolute Gasteiger partial charge is 0.490 e. The monoisotopic (exact) mass is 257 g/mol. The highest BCUT2D eigenvalue weighted by Gasteiger charge is 2.18. The number of nitrogens with one attached hydrogen (secondary N) is 2. The molecule has 0 spiro atoms. The Bertz CT molecular complexity index is 372. The first-order valence-corrected chi connectivity index (χ1v) is 6.41. The van der Waals surface area contributed by atoms with Crippen LogP contribution in [0.5, 0.6) is 5.75 Å². The summed E-state index contributed by atoms with van der Waals surface area (Å²) in [7, 11) is 1.56. The fourth-order valence-corrected chi connectivity index (χ4v) is 1.38. The van der Waals surface area contributed by atoms with Crippen molar-refractivity contribution in [3.63, 3.8) is 0 Å². The van der Waals surface area contributed by atoms with Crippen LogP contribution in [0, 0.1) is 0 Å². The van der Waals surface area contributed by atoms with Gasteiger partial charge in [-0.1, -0.05) is 0 Å². The molecule has 4 N–H and O–H groups in total. The molecule has 0 unspecified atom stereocenters. The van der Waals surface area contributed by atoms with E-state index in [4.69, 9.17) is 10.6 Å². The van der Waals surface area contributed by atoms with Gasteiger partial charge in [-0.05, 0) is 20.1 Å². The molecular weight excluding hydrogens is 238 g/mol. The zero-order valence-corrected chi connectivity index (χ0v) is 11.4. The number of hydrazine groups is 1. The number of nitrogens with two attached hydrogens (primary N) is 1. The molecule has 0 aliphatic rings. The van der Waals surface area contributed by atoms with Gasteiger partial charge in [-0.25, -0.2) is 15.8 Å². The third-order valence-electron chi connectivity index (χ3n) is 2.38. The van der Waals surface area contributed by atoms with Crippen LogP contribution in [0.2, 0.25) is 0 Å². The first kappa shape index (κ1) is 13.9. The van der Waals surface area contributed by atoms with Gasteiger partial charge in [0.05, 0.1) is 7.11 Å². The minimum absolute atomic E-state index is 0.117. The van der Waals surface area contributed by atoms with Crippen LogP contribution in [0.4, 0.5) is 11.6 Å². The lowest BCUT2D eigenvalue weighted by Crippen LogP contribution is -2.26. The minimum atomic E-state index is 0.117. The molecule has 7 heteroatoms. The van der Waals surface area contributed by atoms with E-state index in [1.807, 2.05) is 0 Å². The summed E-state index contributed by atoms with van der Waals surface area (Å²) >= 11 is 1.78. The molecule has 0 bridgehead atoms. The van der Waals surface area contributed by atoms with Crippen molar-refractivity contribution in [2.45, 2.75) is 18.6 Å². The van der Waals surface area contributed by atoms with E-state index in [2.05, 4.69) is 40.8 Å². The summed E-state index contributed by atoms with van der Waals surface area (Å²) in [6.07, 6.45) is 3.51. The fourth-order valence-electron chi connectivity index (χ4n) is 1.16. The third-order valence-corrected chi connectivity index (χ3v) is 3.63. The van der Waals surface area contributed by atoms with E-state index >= 15 is 0 Å². The highest BCUT2D eigenvalue weighted by Crippen LogP contribution is 2.29. The van der Waals surface area contributed by atoms with Crippen LogP contribution in [-0.2, 0) is 0 Å². The summed E-state index contributed by atoms with van der Waals surface area (Å²) < 4.78 is 5.35. The second-order valence-electron chi connectivity index (χ2n) is 4.07. The standard InChI is InChI=1S/C10H19N5OS/c1-10(2,17-4)5-12-8-7(16-3)9(15-11)14-6-13-8/h6H,5,11H2,1-4H3,(H2,12,13,14,15). The quantitative estimate of drug-likeness (QED) is 0.523. The van der Waals surface area contributed by atoms with E-state index in [-0.39, 0.29) is 4.75 Å². The first-order chi connectivity index (χ1) is 8.04. The molecule has 0 saturated carbocycles. The van der Waals surface area contributed by atoms with Gasteiger partial charge in [-0.2, -0.15) is 11.8 Å². The average Bonchev–Trinajstić information content (AvgIpc) is 2.35.